The molecule has 0 bridgehead atoms. The molecule has 5 heteroatoms. The number of halogens is 1. The zero-order valence-electron chi connectivity index (χ0n) is 11.9. The van der Waals surface area contributed by atoms with E-state index in [1.807, 2.05) is 37.1 Å². The smallest absolute Gasteiger partial charge is 0.238 e. The molecule has 1 saturated carbocycles. The Kier molecular flexibility index (Phi) is 5.02. The Morgan fingerprint density at radius 3 is 2.80 bits per heavy atom. The number of carbonyl (C=O) groups is 1. The standard InChI is InChI=1S/C15H21ClN2O2/c1-10-3-4-14(13(16)5-10)17-15(20)9-18(2)8-11-6-12(19)7-11/h3-5,11-12,19H,6-9H2,1-2H3,(H,17,20). The molecule has 1 aromatic rings. The lowest BCUT2D eigenvalue weighted by molar-refractivity contribution is -0.117. The molecule has 0 radical (unpaired) electrons. The summed E-state index contributed by atoms with van der Waals surface area (Å²) in [7, 11) is 1.92. The maximum atomic E-state index is 12.0. The first-order chi connectivity index (χ1) is 9.44. The summed E-state index contributed by atoms with van der Waals surface area (Å²) in [5, 5.41) is 12.6. The number of likely N-dealkylation sites (N-methyl/N-ethyl adjacent to an activating group) is 1. The van der Waals surface area contributed by atoms with Crippen molar-refractivity contribution in [3.8, 4) is 0 Å². The summed E-state index contributed by atoms with van der Waals surface area (Å²) >= 11 is 6.09. The van der Waals surface area contributed by atoms with Gasteiger partial charge in [0.05, 0.1) is 23.4 Å². The van der Waals surface area contributed by atoms with Crippen LogP contribution in [0.1, 0.15) is 18.4 Å². The van der Waals surface area contributed by atoms with Gasteiger partial charge in [-0.2, -0.15) is 0 Å². The van der Waals surface area contributed by atoms with Gasteiger partial charge in [0.25, 0.3) is 0 Å². The quantitative estimate of drug-likeness (QED) is 0.876. The van der Waals surface area contributed by atoms with E-state index in [9.17, 15) is 9.90 Å². The number of nitrogens with one attached hydrogen (secondary N) is 1. The fourth-order valence-electron chi connectivity index (χ4n) is 2.51. The average Bonchev–Trinajstić information content (AvgIpc) is 2.30. The van der Waals surface area contributed by atoms with Gasteiger partial charge in [-0.15, -0.1) is 0 Å². The summed E-state index contributed by atoms with van der Waals surface area (Å²) in [6.45, 7) is 3.13. The predicted molar refractivity (Wildman–Crippen MR) is 81.0 cm³/mol. The number of carbonyl (C=O) groups excluding carboxylic acids is 1. The van der Waals surface area contributed by atoms with Crippen LogP contribution in [0.4, 0.5) is 5.69 Å². The van der Waals surface area contributed by atoms with Crippen molar-refractivity contribution in [1.82, 2.24) is 4.90 Å². The SMILES string of the molecule is Cc1ccc(NC(=O)CN(C)CC2CC(O)C2)c(Cl)c1. The molecule has 0 spiro atoms. The normalized spacial score (nSPS) is 21.6. The number of aliphatic hydroxyl groups is 1. The Morgan fingerprint density at radius 1 is 1.50 bits per heavy atom. The van der Waals surface area contributed by atoms with Crippen LogP contribution < -0.4 is 5.32 Å². The molecular weight excluding hydrogens is 276 g/mol. The third-order valence-corrected chi connectivity index (χ3v) is 3.91. The Labute approximate surface area is 124 Å². The van der Waals surface area contributed by atoms with E-state index in [4.69, 9.17) is 11.6 Å². The summed E-state index contributed by atoms with van der Waals surface area (Å²) in [6, 6.07) is 5.56. The number of aryl methyl sites for hydroxylation is 1. The fraction of sp³-hybridized carbons (Fsp3) is 0.533. The molecule has 0 atom stereocenters. The van der Waals surface area contributed by atoms with Gasteiger partial charge in [-0.05, 0) is 50.4 Å². The minimum atomic E-state index is -0.145. The van der Waals surface area contributed by atoms with E-state index in [0.717, 1.165) is 24.9 Å². The third-order valence-electron chi connectivity index (χ3n) is 3.59. The summed E-state index contributed by atoms with van der Waals surface area (Å²) in [6.07, 6.45) is 1.54. The first-order valence-electron chi connectivity index (χ1n) is 6.86. The van der Waals surface area contributed by atoms with Gasteiger partial charge in [-0.25, -0.2) is 0 Å². The number of aliphatic hydroxyl groups excluding tert-OH is 1. The van der Waals surface area contributed by atoms with Crippen LogP contribution in [0.25, 0.3) is 0 Å². The molecule has 20 heavy (non-hydrogen) atoms. The number of hydrogen-bond donors (Lipinski definition) is 2. The van der Waals surface area contributed by atoms with Crippen LogP contribution in [0.3, 0.4) is 0 Å². The highest BCUT2D eigenvalue weighted by atomic mass is 35.5. The van der Waals surface area contributed by atoms with E-state index in [1.54, 1.807) is 0 Å². The number of benzene rings is 1. The number of rotatable bonds is 5. The molecule has 1 aromatic carbocycles. The van der Waals surface area contributed by atoms with Gasteiger partial charge in [0.2, 0.25) is 5.91 Å². The van der Waals surface area contributed by atoms with E-state index in [1.165, 1.54) is 0 Å². The van der Waals surface area contributed by atoms with E-state index >= 15 is 0 Å². The first kappa shape index (κ1) is 15.3. The summed E-state index contributed by atoms with van der Waals surface area (Å²) in [4.78, 5) is 13.9. The molecule has 1 amide bonds. The van der Waals surface area contributed by atoms with E-state index in [-0.39, 0.29) is 12.0 Å². The van der Waals surface area contributed by atoms with Gasteiger partial charge in [-0.1, -0.05) is 17.7 Å². The van der Waals surface area contributed by atoms with Crippen LogP contribution in [-0.4, -0.2) is 42.2 Å². The van der Waals surface area contributed by atoms with Crippen molar-refractivity contribution in [2.24, 2.45) is 5.92 Å². The lowest BCUT2D eigenvalue weighted by Gasteiger charge is -2.34. The van der Waals surface area contributed by atoms with Gasteiger partial charge >= 0.3 is 0 Å². The Balaban J connectivity index is 1.79. The Bertz CT molecular complexity index is 487. The van der Waals surface area contributed by atoms with Crippen molar-refractivity contribution in [2.45, 2.75) is 25.9 Å². The van der Waals surface area contributed by atoms with Crippen molar-refractivity contribution in [2.75, 3.05) is 25.5 Å². The predicted octanol–water partition coefficient (Wildman–Crippen LogP) is 2.29. The maximum Gasteiger partial charge on any atom is 0.238 e. The second kappa shape index (κ2) is 6.57. The second-order valence-electron chi connectivity index (χ2n) is 5.72. The van der Waals surface area contributed by atoms with Gasteiger partial charge in [0.1, 0.15) is 0 Å². The lowest BCUT2D eigenvalue weighted by Crippen LogP contribution is -2.39. The molecule has 4 nitrogen and oxygen atoms in total. The average molecular weight is 297 g/mol. The molecule has 2 N–H and O–H groups in total. The van der Waals surface area contributed by atoms with Crippen molar-refractivity contribution in [3.05, 3.63) is 28.8 Å². The zero-order valence-corrected chi connectivity index (χ0v) is 12.7. The minimum Gasteiger partial charge on any atom is -0.393 e. The third kappa shape index (κ3) is 4.20. The molecule has 1 fully saturated rings. The Morgan fingerprint density at radius 2 is 2.20 bits per heavy atom. The fourth-order valence-corrected chi connectivity index (χ4v) is 2.79. The number of nitrogens with zero attached hydrogens (tertiary/aromatic N) is 1. The molecule has 1 aliphatic carbocycles. The molecule has 1 aliphatic rings. The van der Waals surface area contributed by atoms with Crippen molar-refractivity contribution in [1.29, 1.82) is 0 Å². The van der Waals surface area contributed by atoms with E-state index in [0.29, 0.717) is 23.2 Å². The number of anilines is 1. The van der Waals surface area contributed by atoms with Gasteiger partial charge in [-0.3, -0.25) is 9.69 Å². The highest BCUT2D eigenvalue weighted by molar-refractivity contribution is 6.33. The molecule has 0 aliphatic heterocycles. The highest BCUT2D eigenvalue weighted by Gasteiger charge is 2.28. The minimum absolute atomic E-state index is 0.0712. The number of hydrogen-bond acceptors (Lipinski definition) is 3. The highest BCUT2D eigenvalue weighted by Crippen LogP contribution is 2.27. The lowest BCUT2D eigenvalue weighted by atomic mass is 9.82. The van der Waals surface area contributed by atoms with Gasteiger partial charge < -0.3 is 10.4 Å². The van der Waals surface area contributed by atoms with Crippen LogP contribution in [0.15, 0.2) is 18.2 Å². The van der Waals surface area contributed by atoms with Gasteiger partial charge in [0, 0.05) is 6.54 Å². The molecular formula is C15H21ClN2O2. The summed E-state index contributed by atoms with van der Waals surface area (Å²) in [5.74, 6) is 0.434. The van der Waals surface area contributed by atoms with Crippen LogP contribution in [0.5, 0.6) is 0 Å². The molecule has 0 unspecified atom stereocenters. The monoisotopic (exact) mass is 296 g/mol. The maximum absolute atomic E-state index is 12.0. The van der Waals surface area contributed by atoms with E-state index in [2.05, 4.69) is 5.32 Å². The molecule has 110 valence electrons. The summed E-state index contributed by atoms with van der Waals surface area (Å²) < 4.78 is 0. The van der Waals surface area contributed by atoms with Crippen molar-refractivity contribution in [3.63, 3.8) is 0 Å². The Hall–Kier alpha value is -1.10. The van der Waals surface area contributed by atoms with Crippen molar-refractivity contribution >= 4 is 23.2 Å². The zero-order chi connectivity index (χ0) is 14.7. The number of amides is 1. The summed E-state index contributed by atoms with van der Waals surface area (Å²) in [5.41, 5.74) is 1.71. The van der Waals surface area contributed by atoms with Crippen LogP contribution >= 0.6 is 11.6 Å². The second-order valence-corrected chi connectivity index (χ2v) is 6.13. The molecule has 0 saturated heterocycles. The van der Waals surface area contributed by atoms with Crippen LogP contribution in [-0.2, 0) is 4.79 Å². The molecule has 2 rings (SSSR count). The molecule has 0 heterocycles. The molecule has 0 aromatic heterocycles. The van der Waals surface area contributed by atoms with Crippen molar-refractivity contribution < 1.29 is 9.90 Å². The first-order valence-corrected chi connectivity index (χ1v) is 7.24. The van der Waals surface area contributed by atoms with E-state index < -0.39 is 0 Å². The largest absolute Gasteiger partial charge is 0.393 e. The van der Waals surface area contributed by atoms with Gasteiger partial charge in [0.15, 0.2) is 0 Å². The van der Waals surface area contributed by atoms with Crippen LogP contribution in [0, 0.1) is 12.8 Å². The van der Waals surface area contributed by atoms with Crippen LogP contribution in [0.2, 0.25) is 5.02 Å². The topological polar surface area (TPSA) is 52.6 Å².